The number of aliphatic carboxylic acids is 1. The fraction of sp³-hybridized carbons (Fsp3) is 0.389. The van der Waals surface area contributed by atoms with Crippen molar-refractivity contribution in [3.63, 3.8) is 0 Å². The van der Waals surface area contributed by atoms with Gasteiger partial charge in [0.25, 0.3) is 0 Å². The number of amides is 1. The Kier molecular flexibility index (Phi) is 9.55. The molecule has 0 aliphatic carbocycles. The second kappa shape index (κ2) is 13.9. The molecule has 0 unspecified atom stereocenters. The van der Waals surface area contributed by atoms with Gasteiger partial charge < -0.3 is 39.6 Å². The molecule has 6 rings (SSSR count). The number of carbonyl (C=O) groups is 2. The molecule has 0 saturated carbocycles. The van der Waals surface area contributed by atoms with Gasteiger partial charge in [0, 0.05) is 60.8 Å². The van der Waals surface area contributed by atoms with Crippen LogP contribution in [-0.2, 0) is 22.7 Å². The van der Waals surface area contributed by atoms with Crippen molar-refractivity contribution in [1.29, 1.82) is 0 Å². The molecule has 3 atom stereocenters. The number of hydrogen-bond donors (Lipinski definition) is 3. The number of carbonyl (C=O) groups excluding carboxylic acids is 1. The van der Waals surface area contributed by atoms with Crippen LogP contribution in [0.1, 0.15) is 43.2 Å². The van der Waals surface area contributed by atoms with Crippen molar-refractivity contribution >= 4 is 28.3 Å². The van der Waals surface area contributed by atoms with E-state index in [4.69, 9.17) is 19.9 Å². The number of unbranched alkanes of at least 4 members (excludes halogenated alkanes) is 1. The Morgan fingerprint density at radius 2 is 1.94 bits per heavy atom. The number of likely N-dealkylation sites (tertiary alicyclic amines) is 1. The molecular formula is C36H42N4O7. The number of aromatic hydroxyl groups is 1. The highest BCUT2D eigenvalue weighted by molar-refractivity contribution is 5.95. The zero-order valence-electron chi connectivity index (χ0n) is 26.8. The maximum atomic E-state index is 14.2. The number of carboxylic acid groups (broad SMARTS) is 1. The molecule has 4 N–H and O–H groups in total. The third-order valence-electron chi connectivity index (χ3n) is 9.41. The maximum Gasteiger partial charge on any atom is 0.308 e. The van der Waals surface area contributed by atoms with E-state index in [-0.39, 0.29) is 25.1 Å². The highest BCUT2D eigenvalue weighted by Crippen LogP contribution is 2.47. The van der Waals surface area contributed by atoms with Gasteiger partial charge in [-0.3, -0.25) is 14.5 Å². The molecule has 11 heteroatoms. The van der Waals surface area contributed by atoms with Crippen molar-refractivity contribution in [3.05, 3.63) is 78.0 Å². The number of ether oxygens (including phenoxy) is 3. The second-order valence-corrected chi connectivity index (χ2v) is 12.2. The fourth-order valence-electron chi connectivity index (χ4n) is 7.02. The highest BCUT2D eigenvalue weighted by Gasteiger charge is 2.47. The standard InChI is InChI=1S/C36H42N4O7/c1-3-4-13-40(26-10-7-8-23(15-26)18-37)32(41)21-39-20-28(25-16-30(45-2)34-31(17-25)46-22-47-34)33(36(43)44)29(39)12-14-38-19-24-9-5-6-11-27(24)35(38)42/h5-11,15-17,19,28-29,33,42H,3-4,12-14,18,20-22,37H2,1-2H3,(H,43,44)/t28-,29+,33-/m1/s1. The van der Waals surface area contributed by atoms with Crippen LogP contribution in [0.4, 0.5) is 5.69 Å². The van der Waals surface area contributed by atoms with Gasteiger partial charge in [-0.2, -0.15) is 0 Å². The average molecular weight is 643 g/mol. The summed E-state index contributed by atoms with van der Waals surface area (Å²) in [5.41, 5.74) is 8.36. The van der Waals surface area contributed by atoms with Gasteiger partial charge in [-0.25, -0.2) is 0 Å². The summed E-state index contributed by atoms with van der Waals surface area (Å²) >= 11 is 0. The number of nitrogens with zero attached hydrogens (tertiary/aromatic N) is 3. The first-order valence-corrected chi connectivity index (χ1v) is 16.1. The van der Waals surface area contributed by atoms with Gasteiger partial charge in [0.2, 0.25) is 18.4 Å². The SMILES string of the molecule is CCCCN(C(=O)CN1C[C@H](c2cc(OC)c3c(c2)OCO3)[C@@H](C(=O)O)[C@@H]1CCn1cc2ccccc2c1O)c1cccc(CN)c1. The molecule has 248 valence electrons. The summed E-state index contributed by atoms with van der Waals surface area (Å²) in [6.45, 7) is 3.77. The molecule has 1 fully saturated rings. The Morgan fingerprint density at radius 3 is 2.68 bits per heavy atom. The van der Waals surface area contributed by atoms with E-state index in [1.54, 1.807) is 9.47 Å². The third-order valence-corrected chi connectivity index (χ3v) is 9.41. The summed E-state index contributed by atoms with van der Waals surface area (Å²) in [5.74, 6) is -0.766. The van der Waals surface area contributed by atoms with Crippen LogP contribution in [0.5, 0.6) is 23.1 Å². The van der Waals surface area contributed by atoms with E-state index in [0.29, 0.717) is 49.8 Å². The van der Waals surface area contributed by atoms with Crippen molar-refractivity contribution in [3.8, 4) is 23.1 Å². The quantitative estimate of drug-likeness (QED) is 0.185. The number of aromatic nitrogens is 1. The van der Waals surface area contributed by atoms with E-state index >= 15 is 0 Å². The van der Waals surface area contributed by atoms with Gasteiger partial charge in [0.05, 0.1) is 19.6 Å². The van der Waals surface area contributed by atoms with Crippen molar-refractivity contribution in [2.45, 2.75) is 51.2 Å². The molecule has 47 heavy (non-hydrogen) atoms. The summed E-state index contributed by atoms with van der Waals surface area (Å²) in [6.07, 6.45) is 4.01. The van der Waals surface area contributed by atoms with Crippen LogP contribution in [0.25, 0.3) is 10.8 Å². The lowest BCUT2D eigenvalue weighted by Gasteiger charge is -2.30. The summed E-state index contributed by atoms with van der Waals surface area (Å²) in [4.78, 5) is 31.1. The van der Waals surface area contributed by atoms with Gasteiger partial charge in [-0.15, -0.1) is 0 Å². The summed E-state index contributed by atoms with van der Waals surface area (Å²) in [7, 11) is 1.54. The Balaban J connectivity index is 1.34. The van der Waals surface area contributed by atoms with Gasteiger partial charge in [-0.05, 0) is 54.3 Å². The number of methoxy groups -OCH3 is 1. The molecule has 1 saturated heterocycles. The number of nitrogens with two attached hydrogens (primary N) is 1. The number of benzene rings is 3. The minimum atomic E-state index is -0.952. The second-order valence-electron chi connectivity index (χ2n) is 12.2. The normalized spacial score (nSPS) is 18.9. The van der Waals surface area contributed by atoms with Crippen molar-refractivity contribution in [1.82, 2.24) is 9.47 Å². The molecule has 11 nitrogen and oxygen atoms in total. The maximum absolute atomic E-state index is 14.2. The van der Waals surface area contributed by atoms with Crippen LogP contribution in [0, 0.1) is 5.92 Å². The summed E-state index contributed by atoms with van der Waals surface area (Å²) in [6, 6.07) is 18.4. The zero-order chi connectivity index (χ0) is 33.1. The van der Waals surface area contributed by atoms with E-state index in [2.05, 4.69) is 6.92 Å². The lowest BCUT2D eigenvalue weighted by molar-refractivity contribution is -0.143. The first kappa shape index (κ1) is 32.2. The first-order chi connectivity index (χ1) is 22.8. The van der Waals surface area contributed by atoms with E-state index < -0.39 is 23.8 Å². The van der Waals surface area contributed by atoms with Crippen LogP contribution < -0.4 is 24.8 Å². The Bertz CT molecular complexity index is 1750. The lowest BCUT2D eigenvalue weighted by Crippen LogP contribution is -2.45. The number of hydrogen-bond acceptors (Lipinski definition) is 8. The molecule has 3 heterocycles. The lowest BCUT2D eigenvalue weighted by atomic mass is 9.84. The van der Waals surface area contributed by atoms with Crippen LogP contribution in [-0.4, -0.2) is 71.1 Å². The molecule has 2 aliphatic heterocycles. The fourth-order valence-corrected chi connectivity index (χ4v) is 7.02. The largest absolute Gasteiger partial charge is 0.494 e. The van der Waals surface area contributed by atoms with E-state index in [1.165, 1.54) is 7.11 Å². The Morgan fingerprint density at radius 1 is 1.11 bits per heavy atom. The van der Waals surface area contributed by atoms with Gasteiger partial charge >= 0.3 is 5.97 Å². The molecule has 0 bridgehead atoms. The molecule has 0 spiro atoms. The molecule has 1 aromatic heterocycles. The van der Waals surface area contributed by atoms with Crippen LogP contribution in [0.2, 0.25) is 0 Å². The number of fused-ring (bicyclic) bond motifs is 2. The van der Waals surface area contributed by atoms with Gasteiger partial charge in [-0.1, -0.05) is 43.7 Å². The van der Waals surface area contributed by atoms with Gasteiger partial charge in [0.1, 0.15) is 0 Å². The Hall–Kier alpha value is -4.74. The predicted octanol–water partition coefficient (Wildman–Crippen LogP) is 4.94. The van der Waals surface area contributed by atoms with E-state index in [9.17, 15) is 19.8 Å². The molecular weight excluding hydrogens is 600 g/mol. The summed E-state index contributed by atoms with van der Waals surface area (Å²) in [5, 5.41) is 23.3. The average Bonchev–Trinajstić information content (AvgIpc) is 3.79. The van der Waals surface area contributed by atoms with E-state index in [1.807, 2.05) is 71.8 Å². The number of carboxylic acids is 1. The third kappa shape index (κ3) is 6.45. The number of anilines is 1. The van der Waals surface area contributed by atoms with Crippen molar-refractivity contribution in [2.24, 2.45) is 11.7 Å². The van der Waals surface area contributed by atoms with Crippen LogP contribution in [0.3, 0.4) is 0 Å². The van der Waals surface area contributed by atoms with Crippen molar-refractivity contribution < 1.29 is 34.0 Å². The summed E-state index contributed by atoms with van der Waals surface area (Å²) < 4.78 is 18.6. The monoisotopic (exact) mass is 642 g/mol. The van der Waals surface area contributed by atoms with Crippen molar-refractivity contribution in [2.75, 3.05) is 38.4 Å². The number of rotatable bonds is 13. The predicted molar refractivity (Wildman–Crippen MR) is 178 cm³/mol. The molecule has 3 aromatic carbocycles. The number of aryl methyl sites for hydroxylation is 1. The molecule has 0 radical (unpaired) electrons. The Labute approximate surface area is 274 Å². The minimum Gasteiger partial charge on any atom is -0.494 e. The zero-order valence-corrected chi connectivity index (χ0v) is 26.8. The van der Waals surface area contributed by atoms with Crippen LogP contribution >= 0.6 is 0 Å². The highest BCUT2D eigenvalue weighted by atomic mass is 16.7. The first-order valence-electron chi connectivity index (χ1n) is 16.1. The molecule has 2 aliphatic rings. The molecule has 4 aromatic rings. The van der Waals surface area contributed by atoms with Gasteiger partial charge in [0.15, 0.2) is 17.4 Å². The van der Waals surface area contributed by atoms with E-state index in [0.717, 1.165) is 40.4 Å². The van der Waals surface area contributed by atoms with Crippen LogP contribution in [0.15, 0.2) is 66.9 Å². The topological polar surface area (TPSA) is 140 Å². The smallest absolute Gasteiger partial charge is 0.308 e. The molecule has 1 amide bonds. The minimum absolute atomic E-state index is 0.0306.